The second-order valence-corrected chi connectivity index (χ2v) is 6.69. The Bertz CT molecular complexity index is 992. The highest BCUT2D eigenvalue weighted by Gasteiger charge is 2.11. The van der Waals surface area contributed by atoms with Crippen molar-refractivity contribution in [2.45, 2.75) is 6.54 Å². The van der Waals surface area contributed by atoms with Gasteiger partial charge in [0, 0.05) is 12.2 Å². The number of rotatable bonds is 5. The summed E-state index contributed by atoms with van der Waals surface area (Å²) < 4.78 is 0. The first-order valence-corrected chi connectivity index (χ1v) is 8.96. The molecular formula is C20H16N4O2S. The largest absolute Gasteiger partial charge is 0.347 e. The highest BCUT2D eigenvalue weighted by Crippen LogP contribution is 2.22. The molecule has 0 atom stereocenters. The van der Waals surface area contributed by atoms with Crippen molar-refractivity contribution >= 4 is 34.0 Å². The molecule has 7 heteroatoms. The van der Waals surface area contributed by atoms with Crippen molar-refractivity contribution in [3.8, 4) is 6.07 Å². The second-order valence-electron chi connectivity index (χ2n) is 5.60. The van der Waals surface area contributed by atoms with Gasteiger partial charge < -0.3 is 10.6 Å². The predicted molar refractivity (Wildman–Crippen MR) is 106 cm³/mol. The lowest BCUT2D eigenvalue weighted by molar-refractivity contribution is 0.0955. The summed E-state index contributed by atoms with van der Waals surface area (Å²) in [7, 11) is 0. The van der Waals surface area contributed by atoms with Crippen LogP contribution in [0.5, 0.6) is 0 Å². The standard InChI is InChI=1S/C20H16N4O2S/c21-12-14-5-4-6-15(11-14)13-22-19(25)17-9-10-18(27-17)24-20(26)23-16-7-2-1-3-8-16/h1-11H,13H2,(H,22,25)(H2,23,24,26). The zero-order valence-corrected chi connectivity index (χ0v) is 15.0. The third kappa shape index (κ3) is 5.17. The number of urea groups is 1. The number of thiophene rings is 1. The molecule has 2 aromatic carbocycles. The van der Waals surface area contributed by atoms with E-state index in [0.29, 0.717) is 27.7 Å². The van der Waals surface area contributed by atoms with Crippen LogP contribution in [-0.2, 0) is 6.54 Å². The SMILES string of the molecule is N#Cc1cccc(CNC(=O)c2ccc(NC(=O)Nc3ccccc3)s2)c1. The number of amides is 3. The summed E-state index contributed by atoms with van der Waals surface area (Å²) in [6, 6.07) is 21.2. The summed E-state index contributed by atoms with van der Waals surface area (Å²) in [5, 5.41) is 17.7. The van der Waals surface area contributed by atoms with Crippen LogP contribution in [0.15, 0.2) is 66.7 Å². The van der Waals surface area contributed by atoms with Crippen LogP contribution in [0.2, 0.25) is 0 Å². The quantitative estimate of drug-likeness (QED) is 0.623. The maximum Gasteiger partial charge on any atom is 0.324 e. The first-order chi connectivity index (χ1) is 13.1. The molecule has 0 unspecified atom stereocenters. The van der Waals surface area contributed by atoms with Gasteiger partial charge in [0.05, 0.1) is 21.5 Å². The molecular weight excluding hydrogens is 360 g/mol. The molecule has 0 aliphatic rings. The van der Waals surface area contributed by atoms with Gasteiger partial charge in [-0.2, -0.15) is 5.26 Å². The zero-order chi connectivity index (χ0) is 19.1. The number of para-hydroxylation sites is 1. The number of nitriles is 1. The lowest BCUT2D eigenvalue weighted by atomic mass is 10.1. The number of hydrogen-bond donors (Lipinski definition) is 3. The fourth-order valence-electron chi connectivity index (χ4n) is 2.34. The number of anilines is 2. The molecule has 0 aliphatic heterocycles. The van der Waals surface area contributed by atoms with Crippen LogP contribution in [0.25, 0.3) is 0 Å². The average Bonchev–Trinajstić information content (AvgIpc) is 3.15. The Morgan fingerprint density at radius 3 is 2.56 bits per heavy atom. The molecule has 0 radical (unpaired) electrons. The van der Waals surface area contributed by atoms with E-state index in [1.54, 1.807) is 42.5 Å². The van der Waals surface area contributed by atoms with Crippen molar-refractivity contribution in [1.82, 2.24) is 5.32 Å². The van der Waals surface area contributed by atoms with Crippen molar-refractivity contribution in [3.05, 3.63) is 82.7 Å². The van der Waals surface area contributed by atoms with Crippen LogP contribution in [0.1, 0.15) is 20.8 Å². The van der Waals surface area contributed by atoms with Crippen molar-refractivity contribution in [1.29, 1.82) is 5.26 Å². The van der Waals surface area contributed by atoms with Crippen LogP contribution in [-0.4, -0.2) is 11.9 Å². The minimum atomic E-state index is -0.372. The lowest BCUT2D eigenvalue weighted by Crippen LogP contribution is -2.21. The molecule has 0 bridgehead atoms. The molecule has 0 spiro atoms. The van der Waals surface area contributed by atoms with Crippen molar-refractivity contribution < 1.29 is 9.59 Å². The van der Waals surface area contributed by atoms with Crippen LogP contribution in [0.3, 0.4) is 0 Å². The first kappa shape index (κ1) is 18.2. The van der Waals surface area contributed by atoms with Gasteiger partial charge in [-0.3, -0.25) is 10.1 Å². The molecule has 0 saturated heterocycles. The fraction of sp³-hybridized carbons (Fsp3) is 0.0500. The molecule has 1 aromatic heterocycles. The van der Waals surface area contributed by atoms with Crippen LogP contribution in [0.4, 0.5) is 15.5 Å². The molecule has 0 fully saturated rings. The maximum atomic E-state index is 12.3. The first-order valence-electron chi connectivity index (χ1n) is 8.14. The average molecular weight is 376 g/mol. The summed E-state index contributed by atoms with van der Waals surface area (Å²) >= 11 is 1.19. The minimum absolute atomic E-state index is 0.237. The van der Waals surface area contributed by atoms with Crippen molar-refractivity contribution in [2.75, 3.05) is 10.6 Å². The van der Waals surface area contributed by atoms with Gasteiger partial charge in [0.1, 0.15) is 0 Å². The Morgan fingerprint density at radius 2 is 1.78 bits per heavy atom. The van der Waals surface area contributed by atoms with Gasteiger partial charge in [0.2, 0.25) is 0 Å². The van der Waals surface area contributed by atoms with Gasteiger partial charge in [-0.1, -0.05) is 30.3 Å². The summed E-state index contributed by atoms with van der Waals surface area (Å²) in [4.78, 5) is 24.7. The van der Waals surface area contributed by atoms with E-state index in [4.69, 9.17) is 5.26 Å². The molecule has 3 aromatic rings. The number of nitrogens with zero attached hydrogens (tertiary/aromatic N) is 1. The Labute approximate surface area is 160 Å². The van der Waals surface area contributed by atoms with E-state index in [-0.39, 0.29) is 11.9 Å². The van der Waals surface area contributed by atoms with Crippen molar-refractivity contribution in [3.63, 3.8) is 0 Å². The van der Waals surface area contributed by atoms with E-state index in [0.717, 1.165) is 5.56 Å². The second kappa shape index (κ2) is 8.65. The van der Waals surface area contributed by atoms with Crippen molar-refractivity contribution in [2.24, 2.45) is 0 Å². The van der Waals surface area contributed by atoms with E-state index < -0.39 is 0 Å². The molecule has 3 N–H and O–H groups in total. The number of hydrogen-bond acceptors (Lipinski definition) is 4. The van der Waals surface area contributed by atoms with Gasteiger partial charge in [0.25, 0.3) is 5.91 Å². The summed E-state index contributed by atoms with van der Waals surface area (Å²) in [6.07, 6.45) is 0. The zero-order valence-electron chi connectivity index (χ0n) is 14.2. The molecule has 0 saturated carbocycles. The summed E-state index contributed by atoms with van der Waals surface area (Å²) in [6.45, 7) is 0.323. The number of benzene rings is 2. The van der Waals surface area contributed by atoms with Gasteiger partial charge in [-0.25, -0.2) is 4.79 Å². The molecule has 27 heavy (non-hydrogen) atoms. The minimum Gasteiger partial charge on any atom is -0.347 e. The molecule has 1 heterocycles. The topological polar surface area (TPSA) is 94.0 Å². The van der Waals surface area contributed by atoms with Crippen LogP contribution < -0.4 is 16.0 Å². The van der Waals surface area contributed by atoms with E-state index in [1.165, 1.54) is 11.3 Å². The predicted octanol–water partition coefficient (Wildman–Crippen LogP) is 4.19. The smallest absolute Gasteiger partial charge is 0.324 e. The van der Waals surface area contributed by atoms with Gasteiger partial charge in [-0.05, 0) is 42.0 Å². The highest BCUT2D eigenvalue weighted by molar-refractivity contribution is 7.18. The Hall–Kier alpha value is -3.63. The van der Waals surface area contributed by atoms with Crippen LogP contribution >= 0.6 is 11.3 Å². The normalized spacial score (nSPS) is 9.89. The summed E-state index contributed by atoms with van der Waals surface area (Å²) in [5.41, 5.74) is 2.08. The molecule has 3 amide bonds. The Morgan fingerprint density at radius 1 is 0.963 bits per heavy atom. The number of carbonyl (C=O) groups is 2. The van der Waals surface area contributed by atoms with Gasteiger partial charge in [0.15, 0.2) is 0 Å². The molecule has 6 nitrogen and oxygen atoms in total. The third-order valence-electron chi connectivity index (χ3n) is 3.61. The van der Waals surface area contributed by atoms with E-state index in [1.807, 2.05) is 24.3 Å². The maximum absolute atomic E-state index is 12.3. The van der Waals surface area contributed by atoms with E-state index in [2.05, 4.69) is 22.0 Å². The number of nitrogens with one attached hydrogen (secondary N) is 3. The van der Waals surface area contributed by atoms with Crippen LogP contribution in [0, 0.1) is 11.3 Å². The fourth-order valence-corrected chi connectivity index (χ4v) is 3.16. The molecule has 0 aliphatic carbocycles. The molecule has 134 valence electrons. The van der Waals surface area contributed by atoms with Gasteiger partial charge >= 0.3 is 6.03 Å². The highest BCUT2D eigenvalue weighted by atomic mass is 32.1. The lowest BCUT2D eigenvalue weighted by Gasteiger charge is -2.05. The summed E-state index contributed by atoms with van der Waals surface area (Å²) in [5.74, 6) is -0.237. The Kier molecular flexibility index (Phi) is 5.82. The molecule has 3 rings (SSSR count). The number of carbonyl (C=O) groups excluding carboxylic acids is 2. The van der Waals surface area contributed by atoms with E-state index >= 15 is 0 Å². The monoisotopic (exact) mass is 376 g/mol. The third-order valence-corrected chi connectivity index (χ3v) is 4.61. The van der Waals surface area contributed by atoms with Gasteiger partial charge in [-0.15, -0.1) is 11.3 Å². The Balaban J connectivity index is 1.54. The van der Waals surface area contributed by atoms with E-state index in [9.17, 15) is 9.59 Å².